The molecule has 6 heteroatoms. The summed E-state index contributed by atoms with van der Waals surface area (Å²) in [6.45, 7) is 0. The van der Waals surface area contributed by atoms with E-state index in [1.165, 1.54) is 6.07 Å². The van der Waals surface area contributed by atoms with Crippen LogP contribution in [0.3, 0.4) is 0 Å². The SMILES string of the molecule is COC1CC(Nc2ccc(C(F)(F)F)cc2Cl)C1. The van der Waals surface area contributed by atoms with Gasteiger partial charge in [0, 0.05) is 13.2 Å². The summed E-state index contributed by atoms with van der Waals surface area (Å²) in [6.07, 6.45) is -2.45. The van der Waals surface area contributed by atoms with Gasteiger partial charge in [-0.15, -0.1) is 0 Å². The van der Waals surface area contributed by atoms with Gasteiger partial charge < -0.3 is 10.1 Å². The van der Waals surface area contributed by atoms with Gasteiger partial charge in [-0.05, 0) is 31.0 Å². The number of methoxy groups -OCH3 is 1. The lowest BCUT2D eigenvalue weighted by Crippen LogP contribution is -2.40. The van der Waals surface area contributed by atoms with Gasteiger partial charge in [0.2, 0.25) is 0 Å². The average Bonchev–Trinajstić information content (AvgIpc) is 2.23. The summed E-state index contributed by atoms with van der Waals surface area (Å²) in [4.78, 5) is 0. The molecule has 1 fully saturated rings. The van der Waals surface area contributed by atoms with E-state index in [1.54, 1.807) is 7.11 Å². The Morgan fingerprint density at radius 2 is 2.00 bits per heavy atom. The van der Waals surface area contributed by atoms with Crippen LogP contribution in [0, 0.1) is 0 Å². The van der Waals surface area contributed by atoms with Gasteiger partial charge in [0.25, 0.3) is 0 Å². The van der Waals surface area contributed by atoms with Crippen LogP contribution in [0.15, 0.2) is 18.2 Å². The molecular formula is C12H13ClF3NO. The molecule has 0 saturated heterocycles. The van der Waals surface area contributed by atoms with E-state index in [9.17, 15) is 13.2 Å². The molecule has 1 saturated carbocycles. The molecule has 0 atom stereocenters. The summed E-state index contributed by atoms with van der Waals surface area (Å²) >= 11 is 5.84. The first-order valence-electron chi connectivity index (χ1n) is 5.56. The molecule has 2 rings (SSSR count). The monoisotopic (exact) mass is 279 g/mol. The molecule has 1 aliphatic carbocycles. The van der Waals surface area contributed by atoms with Crippen molar-refractivity contribution in [3.05, 3.63) is 28.8 Å². The zero-order valence-corrected chi connectivity index (χ0v) is 10.5. The summed E-state index contributed by atoms with van der Waals surface area (Å²) < 4.78 is 42.4. The molecule has 0 spiro atoms. The number of rotatable bonds is 3. The number of hydrogen-bond donors (Lipinski definition) is 1. The Kier molecular flexibility index (Phi) is 3.73. The van der Waals surface area contributed by atoms with E-state index >= 15 is 0 Å². The minimum atomic E-state index is -4.36. The first-order valence-corrected chi connectivity index (χ1v) is 5.94. The molecular weight excluding hydrogens is 267 g/mol. The number of nitrogens with one attached hydrogen (secondary N) is 1. The highest BCUT2D eigenvalue weighted by Crippen LogP contribution is 2.35. The standard InChI is InChI=1S/C12H13ClF3NO/c1-18-9-5-8(6-9)17-11-3-2-7(4-10(11)13)12(14,15)16/h2-4,8-9,17H,5-6H2,1H3. The molecule has 0 aliphatic heterocycles. The van der Waals surface area contributed by atoms with E-state index in [4.69, 9.17) is 16.3 Å². The van der Waals surface area contributed by atoms with Gasteiger partial charge >= 0.3 is 6.18 Å². The van der Waals surface area contributed by atoms with E-state index in [0.717, 1.165) is 25.0 Å². The lowest BCUT2D eigenvalue weighted by Gasteiger charge is -2.35. The Bertz CT molecular complexity index is 430. The second kappa shape index (κ2) is 4.97. The van der Waals surface area contributed by atoms with Crippen molar-refractivity contribution in [1.29, 1.82) is 0 Å². The Morgan fingerprint density at radius 3 is 2.50 bits per heavy atom. The van der Waals surface area contributed by atoms with Crippen LogP contribution in [-0.4, -0.2) is 19.3 Å². The van der Waals surface area contributed by atoms with E-state index in [-0.39, 0.29) is 17.2 Å². The molecule has 100 valence electrons. The zero-order chi connectivity index (χ0) is 13.3. The lowest BCUT2D eigenvalue weighted by atomic mass is 9.89. The highest BCUT2D eigenvalue weighted by atomic mass is 35.5. The van der Waals surface area contributed by atoms with E-state index in [1.807, 2.05) is 0 Å². The first-order chi connectivity index (χ1) is 8.40. The quantitative estimate of drug-likeness (QED) is 0.905. The molecule has 18 heavy (non-hydrogen) atoms. The van der Waals surface area contributed by atoms with Crippen molar-refractivity contribution in [3.8, 4) is 0 Å². The molecule has 0 radical (unpaired) electrons. The van der Waals surface area contributed by atoms with Crippen molar-refractivity contribution in [2.75, 3.05) is 12.4 Å². The number of anilines is 1. The Balaban J connectivity index is 2.02. The van der Waals surface area contributed by atoms with E-state index in [2.05, 4.69) is 5.32 Å². The minimum absolute atomic E-state index is 0.0886. The summed E-state index contributed by atoms with van der Waals surface area (Å²) in [5.41, 5.74) is -0.203. The molecule has 2 nitrogen and oxygen atoms in total. The topological polar surface area (TPSA) is 21.3 Å². The Labute approximate surface area is 108 Å². The number of ether oxygens (including phenoxy) is 1. The van der Waals surface area contributed by atoms with Crippen LogP contribution in [0.25, 0.3) is 0 Å². The maximum absolute atomic E-state index is 12.4. The van der Waals surface area contributed by atoms with Crippen molar-refractivity contribution in [2.24, 2.45) is 0 Å². The third kappa shape index (κ3) is 2.90. The van der Waals surface area contributed by atoms with Crippen LogP contribution in [0.4, 0.5) is 18.9 Å². The molecule has 0 unspecified atom stereocenters. The number of alkyl halides is 3. The molecule has 1 aromatic rings. The van der Waals surface area contributed by atoms with Crippen LogP contribution >= 0.6 is 11.6 Å². The number of hydrogen-bond acceptors (Lipinski definition) is 2. The molecule has 1 N–H and O–H groups in total. The van der Waals surface area contributed by atoms with Crippen molar-refractivity contribution >= 4 is 17.3 Å². The second-order valence-corrected chi connectivity index (χ2v) is 4.77. The number of benzene rings is 1. The first kappa shape index (κ1) is 13.5. The highest BCUT2D eigenvalue weighted by molar-refractivity contribution is 6.33. The van der Waals surface area contributed by atoms with Gasteiger partial charge in [-0.1, -0.05) is 11.6 Å². The molecule has 0 aromatic heterocycles. The van der Waals surface area contributed by atoms with Gasteiger partial charge in [0.1, 0.15) is 0 Å². The summed E-state index contributed by atoms with van der Waals surface area (Å²) in [5, 5.41) is 3.20. The van der Waals surface area contributed by atoms with Crippen LogP contribution in [0.1, 0.15) is 18.4 Å². The Morgan fingerprint density at radius 1 is 1.33 bits per heavy atom. The lowest BCUT2D eigenvalue weighted by molar-refractivity contribution is -0.137. The van der Waals surface area contributed by atoms with E-state index < -0.39 is 11.7 Å². The smallest absolute Gasteiger partial charge is 0.381 e. The predicted molar refractivity (Wildman–Crippen MR) is 63.9 cm³/mol. The molecule has 0 bridgehead atoms. The zero-order valence-electron chi connectivity index (χ0n) is 9.72. The van der Waals surface area contributed by atoms with Crippen LogP contribution in [0.5, 0.6) is 0 Å². The fourth-order valence-electron chi connectivity index (χ4n) is 1.90. The van der Waals surface area contributed by atoms with Gasteiger partial charge in [-0.2, -0.15) is 13.2 Å². The van der Waals surface area contributed by atoms with E-state index in [0.29, 0.717) is 5.69 Å². The van der Waals surface area contributed by atoms with Crippen molar-refractivity contribution < 1.29 is 17.9 Å². The maximum atomic E-state index is 12.4. The van der Waals surface area contributed by atoms with Gasteiger partial charge in [-0.25, -0.2) is 0 Å². The van der Waals surface area contributed by atoms with Gasteiger partial charge in [0.05, 0.1) is 22.4 Å². The third-order valence-corrected chi connectivity index (χ3v) is 3.40. The second-order valence-electron chi connectivity index (χ2n) is 4.36. The average molecular weight is 280 g/mol. The highest BCUT2D eigenvalue weighted by Gasteiger charge is 2.32. The van der Waals surface area contributed by atoms with Crippen LogP contribution in [0.2, 0.25) is 5.02 Å². The summed E-state index contributed by atoms with van der Waals surface area (Å²) in [5.74, 6) is 0. The third-order valence-electron chi connectivity index (χ3n) is 3.08. The Hall–Kier alpha value is -0.940. The fraction of sp³-hybridized carbons (Fsp3) is 0.500. The van der Waals surface area contributed by atoms with Gasteiger partial charge in [-0.3, -0.25) is 0 Å². The van der Waals surface area contributed by atoms with Crippen molar-refractivity contribution in [3.63, 3.8) is 0 Å². The minimum Gasteiger partial charge on any atom is -0.381 e. The molecule has 0 heterocycles. The molecule has 1 aliphatic rings. The van der Waals surface area contributed by atoms with Crippen molar-refractivity contribution in [1.82, 2.24) is 0 Å². The largest absolute Gasteiger partial charge is 0.416 e. The predicted octanol–water partition coefficient (Wildman–Crippen LogP) is 3.95. The summed E-state index contributed by atoms with van der Waals surface area (Å²) in [6, 6.07) is 3.55. The summed E-state index contributed by atoms with van der Waals surface area (Å²) in [7, 11) is 1.64. The normalized spacial score (nSPS) is 23.6. The fourth-order valence-corrected chi connectivity index (χ4v) is 2.14. The molecule has 1 aromatic carbocycles. The maximum Gasteiger partial charge on any atom is 0.416 e. The number of halogens is 4. The van der Waals surface area contributed by atoms with Crippen molar-refractivity contribution in [2.45, 2.75) is 31.2 Å². The van der Waals surface area contributed by atoms with Crippen LogP contribution in [-0.2, 0) is 10.9 Å². The van der Waals surface area contributed by atoms with Crippen LogP contribution < -0.4 is 5.32 Å². The van der Waals surface area contributed by atoms with Gasteiger partial charge in [0.15, 0.2) is 0 Å². The molecule has 0 amide bonds.